The Morgan fingerprint density at radius 1 is 1.53 bits per heavy atom. The maximum Gasteiger partial charge on any atom is 0.193 e. The Hall–Kier alpha value is -1.58. The van der Waals surface area contributed by atoms with E-state index < -0.39 is 12.5 Å². The Bertz CT molecular complexity index is 364. The third-order valence-electron chi connectivity index (χ3n) is 1.82. The summed E-state index contributed by atoms with van der Waals surface area (Å²) in [5, 5.41) is 0. The number of nitrogen functional groups attached to an aromatic ring is 1. The fourth-order valence-electron chi connectivity index (χ4n) is 1.16. The lowest BCUT2D eigenvalue weighted by Gasteiger charge is -2.12. The molecule has 82 valence electrons. The molecule has 3 nitrogen and oxygen atoms in total. The Balaban J connectivity index is 2.93. The highest BCUT2D eigenvalue weighted by atomic mass is 19.1. The van der Waals surface area contributed by atoms with Crippen LogP contribution >= 0.6 is 0 Å². The van der Waals surface area contributed by atoms with Gasteiger partial charge in [-0.1, -0.05) is 0 Å². The predicted molar refractivity (Wildman–Crippen MR) is 56.9 cm³/mol. The van der Waals surface area contributed by atoms with Crippen molar-refractivity contribution >= 4 is 11.5 Å². The van der Waals surface area contributed by atoms with Gasteiger partial charge < -0.3 is 10.5 Å². The molecular formula is C11H14FNO2. The summed E-state index contributed by atoms with van der Waals surface area (Å²) >= 11 is 0. The van der Waals surface area contributed by atoms with E-state index in [0.717, 1.165) is 0 Å². The van der Waals surface area contributed by atoms with Crippen molar-refractivity contribution in [2.45, 2.75) is 20.0 Å². The molecule has 1 aromatic rings. The predicted octanol–water partition coefficient (Wildman–Crippen LogP) is 2.21. The number of anilines is 1. The van der Waals surface area contributed by atoms with E-state index in [1.165, 1.54) is 12.1 Å². The first-order chi connectivity index (χ1) is 7.04. The van der Waals surface area contributed by atoms with Gasteiger partial charge in [-0.15, -0.1) is 0 Å². The van der Waals surface area contributed by atoms with Crippen LogP contribution in [-0.2, 0) is 0 Å². The minimum atomic E-state index is -1.01. The lowest BCUT2D eigenvalue weighted by Crippen LogP contribution is -2.08. The van der Waals surface area contributed by atoms with Gasteiger partial charge in [0.15, 0.2) is 12.5 Å². The smallest absolute Gasteiger partial charge is 0.193 e. The number of Topliss-reactive ketones (excluding diaryl/α,β-unsaturated/α-hetero) is 1. The zero-order chi connectivity index (χ0) is 11.4. The van der Waals surface area contributed by atoms with Crippen LogP contribution in [0.25, 0.3) is 0 Å². The van der Waals surface area contributed by atoms with Gasteiger partial charge in [0.05, 0.1) is 11.8 Å². The standard InChI is InChI=1S/C11H14FNO2/c1-7(2)15-11-4-3-8(5-9(11)13)10(14)6-12/h3-5,7H,6,13H2,1-2H3. The second-order valence-electron chi connectivity index (χ2n) is 3.48. The van der Waals surface area contributed by atoms with E-state index in [1.807, 2.05) is 13.8 Å². The molecule has 2 N–H and O–H groups in total. The van der Waals surface area contributed by atoms with Gasteiger partial charge in [-0.25, -0.2) is 4.39 Å². The normalized spacial score (nSPS) is 10.4. The van der Waals surface area contributed by atoms with Crippen LogP contribution in [0.4, 0.5) is 10.1 Å². The van der Waals surface area contributed by atoms with Crippen LogP contribution in [0.1, 0.15) is 24.2 Å². The van der Waals surface area contributed by atoms with Crippen LogP contribution in [0, 0.1) is 0 Å². The van der Waals surface area contributed by atoms with Gasteiger partial charge in [0, 0.05) is 5.56 Å². The summed E-state index contributed by atoms with van der Waals surface area (Å²) in [5.41, 5.74) is 6.28. The molecule has 0 heterocycles. The van der Waals surface area contributed by atoms with E-state index in [0.29, 0.717) is 11.4 Å². The molecule has 0 aliphatic heterocycles. The second-order valence-corrected chi connectivity index (χ2v) is 3.48. The van der Waals surface area contributed by atoms with Gasteiger partial charge in [-0.3, -0.25) is 4.79 Å². The topological polar surface area (TPSA) is 52.3 Å². The first kappa shape index (κ1) is 11.5. The summed E-state index contributed by atoms with van der Waals surface area (Å²) in [6.45, 7) is 2.74. The van der Waals surface area contributed by atoms with Crippen LogP contribution in [0.2, 0.25) is 0 Å². The third-order valence-corrected chi connectivity index (χ3v) is 1.82. The molecule has 0 bridgehead atoms. The monoisotopic (exact) mass is 211 g/mol. The Morgan fingerprint density at radius 3 is 2.67 bits per heavy atom. The molecule has 0 amide bonds. The molecule has 1 rings (SSSR count). The van der Waals surface area contributed by atoms with Crippen LogP contribution in [0.15, 0.2) is 18.2 Å². The fraction of sp³-hybridized carbons (Fsp3) is 0.364. The van der Waals surface area contributed by atoms with Crippen molar-refractivity contribution in [1.29, 1.82) is 0 Å². The van der Waals surface area contributed by atoms with Crippen molar-refractivity contribution in [2.75, 3.05) is 12.4 Å². The first-order valence-corrected chi connectivity index (χ1v) is 4.70. The van der Waals surface area contributed by atoms with Gasteiger partial charge in [0.2, 0.25) is 0 Å². The molecule has 15 heavy (non-hydrogen) atoms. The van der Waals surface area contributed by atoms with Crippen molar-refractivity contribution in [3.05, 3.63) is 23.8 Å². The van der Waals surface area contributed by atoms with Crippen LogP contribution in [0.5, 0.6) is 5.75 Å². The molecular weight excluding hydrogens is 197 g/mol. The van der Waals surface area contributed by atoms with E-state index in [2.05, 4.69) is 0 Å². The van der Waals surface area contributed by atoms with Gasteiger partial charge in [-0.05, 0) is 32.0 Å². The summed E-state index contributed by atoms with van der Waals surface area (Å²) in [4.78, 5) is 11.0. The molecule has 0 radical (unpaired) electrons. The Kier molecular flexibility index (Phi) is 3.66. The largest absolute Gasteiger partial charge is 0.489 e. The number of ketones is 1. The number of halogens is 1. The molecule has 0 saturated carbocycles. The van der Waals surface area contributed by atoms with Gasteiger partial charge in [-0.2, -0.15) is 0 Å². The minimum absolute atomic E-state index is 0.00928. The Labute approximate surface area is 88.0 Å². The SMILES string of the molecule is CC(C)Oc1ccc(C(=O)CF)cc1N. The van der Waals surface area contributed by atoms with Crippen LogP contribution in [-0.4, -0.2) is 18.6 Å². The number of benzene rings is 1. The maximum absolute atomic E-state index is 12.1. The van der Waals surface area contributed by atoms with E-state index in [4.69, 9.17) is 10.5 Å². The number of carbonyl (C=O) groups excluding carboxylic acids is 1. The van der Waals surface area contributed by atoms with Crippen molar-refractivity contribution in [3.63, 3.8) is 0 Å². The highest BCUT2D eigenvalue weighted by molar-refractivity contribution is 5.98. The first-order valence-electron chi connectivity index (χ1n) is 4.70. The molecule has 0 aliphatic rings. The van der Waals surface area contributed by atoms with E-state index in [9.17, 15) is 9.18 Å². The number of carbonyl (C=O) groups is 1. The van der Waals surface area contributed by atoms with Crippen molar-refractivity contribution in [3.8, 4) is 5.75 Å². The second kappa shape index (κ2) is 4.77. The number of alkyl halides is 1. The van der Waals surface area contributed by atoms with Gasteiger partial charge in [0.25, 0.3) is 0 Å². The number of rotatable bonds is 4. The lowest BCUT2D eigenvalue weighted by molar-refractivity contribution is 0.0958. The molecule has 0 aromatic heterocycles. The van der Waals surface area contributed by atoms with Crippen molar-refractivity contribution < 1.29 is 13.9 Å². The number of hydrogen-bond donors (Lipinski definition) is 1. The quantitative estimate of drug-likeness (QED) is 0.613. The molecule has 0 saturated heterocycles. The molecule has 0 unspecified atom stereocenters. The lowest BCUT2D eigenvalue weighted by atomic mass is 10.1. The molecule has 0 atom stereocenters. The zero-order valence-electron chi connectivity index (χ0n) is 8.79. The maximum atomic E-state index is 12.1. The number of hydrogen-bond acceptors (Lipinski definition) is 3. The summed E-state index contributed by atoms with van der Waals surface area (Å²) < 4.78 is 17.5. The summed E-state index contributed by atoms with van der Waals surface area (Å²) in [6.07, 6.45) is 0.00928. The molecule has 0 spiro atoms. The van der Waals surface area contributed by atoms with Gasteiger partial charge in [0.1, 0.15) is 5.75 Å². The van der Waals surface area contributed by atoms with Crippen molar-refractivity contribution in [1.82, 2.24) is 0 Å². The average molecular weight is 211 g/mol. The average Bonchev–Trinajstić information content (AvgIpc) is 2.19. The van der Waals surface area contributed by atoms with E-state index in [1.54, 1.807) is 6.07 Å². The van der Waals surface area contributed by atoms with Crippen LogP contribution < -0.4 is 10.5 Å². The molecule has 4 heteroatoms. The fourth-order valence-corrected chi connectivity index (χ4v) is 1.16. The third kappa shape index (κ3) is 2.94. The highest BCUT2D eigenvalue weighted by Gasteiger charge is 2.09. The van der Waals surface area contributed by atoms with E-state index >= 15 is 0 Å². The zero-order valence-corrected chi connectivity index (χ0v) is 8.79. The summed E-state index contributed by atoms with van der Waals surface area (Å²) in [6, 6.07) is 4.52. The highest BCUT2D eigenvalue weighted by Crippen LogP contribution is 2.23. The summed E-state index contributed by atoms with van der Waals surface area (Å²) in [5.74, 6) is -0.0572. The Morgan fingerprint density at radius 2 is 2.20 bits per heavy atom. The summed E-state index contributed by atoms with van der Waals surface area (Å²) in [7, 11) is 0. The van der Waals surface area contributed by atoms with E-state index in [-0.39, 0.29) is 11.7 Å². The minimum Gasteiger partial charge on any atom is -0.489 e. The van der Waals surface area contributed by atoms with Crippen molar-refractivity contribution in [2.24, 2.45) is 0 Å². The molecule has 1 aromatic carbocycles. The molecule has 0 aliphatic carbocycles. The number of nitrogens with two attached hydrogens (primary N) is 1. The van der Waals surface area contributed by atoms with Gasteiger partial charge >= 0.3 is 0 Å². The van der Waals surface area contributed by atoms with Crippen LogP contribution in [0.3, 0.4) is 0 Å². The number of ether oxygens (including phenoxy) is 1. The molecule has 0 fully saturated rings.